The summed E-state index contributed by atoms with van der Waals surface area (Å²) in [7, 11) is 0. The van der Waals surface area contributed by atoms with Crippen molar-refractivity contribution in [1.29, 1.82) is 0 Å². The zero-order valence-electron chi connectivity index (χ0n) is 16.5. The Kier molecular flexibility index (Phi) is 7.73. The van der Waals surface area contributed by atoms with Crippen LogP contribution in [0.5, 0.6) is 0 Å². The van der Waals surface area contributed by atoms with Gasteiger partial charge in [0.05, 0.1) is 11.3 Å². The maximum absolute atomic E-state index is 12.5. The SMILES string of the molecule is O=C(CCC(=O)c1cccs1)NCCC(=O)O[C@@H](C(=O)NC1CC1)c1ccccc1. The third kappa shape index (κ3) is 6.81. The number of carbonyl (C=O) groups is 4. The molecule has 8 heteroatoms. The molecule has 0 radical (unpaired) electrons. The molecular weight excluding hydrogens is 404 g/mol. The molecule has 0 bridgehead atoms. The molecule has 1 aromatic carbocycles. The minimum absolute atomic E-state index is 0.0578. The summed E-state index contributed by atoms with van der Waals surface area (Å²) in [6.07, 6.45) is 0.962. The van der Waals surface area contributed by atoms with E-state index in [1.807, 2.05) is 11.4 Å². The summed E-state index contributed by atoms with van der Waals surface area (Å²) >= 11 is 1.34. The number of carbonyl (C=O) groups excluding carboxylic acids is 4. The second-order valence-corrected chi connectivity index (χ2v) is 8.01. The molecule has 2 aromatic rings. The van der Waals surface area contributed by atoms with E-state index in [4.69, 9.17) is 4.74 Å². The Hall–Kier alpha value is -3.00. The first-order valence-electron chi connectivity index (χ1n) is 9.91. The van der Waals surface area contributed by atoms with E-state index in [1.165, 1.54) is 11.3 Å². The quantitative estimate of drug-likeness (QED) is 0.423. The van der Waals surface area contributed by atoms with Gasteiger partial charge in [-0.3, -0.25) is 19.2 Å². The molecule has 0 aliphatic heterocycles. The average molecular weight is 429 g/mol. The fourth-order valence-electron chi connectivity index (χ4n) is 2.78. The lowest BCUT2D eigenvalue weighted by Crippen LogP contribution is -2.34. The van der Waals surface area contributed by atoms with Crippen LogP contribution >= 0.6 is 11.3 Å². The zero-order valence-corrected chi connectivity index (χ0v) is 17.3. The van der Waals surface area contributed by atoms with Crippen molar-refractivity contribution in [3.05, 3.63) is 58.3 Å². The minimum Gasteiger partial charge on any atom is -0.447 e. The molecule has 1 aliphatic carbocycles. The number of benzene rings is 1. The molecule has 30 heavy (non-hydrogen) atoms. The average Bonchev–Trinajstić information content (AvgIpc) is 3.38. The maximum Gasteiger partial charge on any atom is 0.308 e. The summed E-state index contributed by atoms with van der Waals surface area (Å²) in [4.78, 5) is 49.1. The highest BCUT2D eigenvalue weighted by Crippen LogP contribution is 2.23. The van der Waals surface area contributed by atoms with Crippen LogP contribution in [-0.4, -0.2) is 36.2 Å². The highest BCUT2D eigenvalue weighted by Gasteiger charge is 2.30. The number of hydrogen-bond donors (Lipinski definition) is 2. The van der Waals surface area contributed by atoms with Gasteiger partial charge in [0, 0.05) is 31.0 Å². The highest BCUT2D eigenvalue weighted by atomic mass is 32.1. The summed E-state index contributed by atoms with van der Waals surface area (Å²) < 4.78 is 5.40. The first kappa shape index (κ1) is 21.7. The third-order valence-electron chi connectivity index (χ3n) is 4.54. The van der Waals surface area contributed by atoms with Gasteiger partial charge in [0.1, 0.15) is 0 Å². The molecule has 2 N–H and O–H groups in total. The van der Waals surface area contributed by atoms with Crippen LogP contribution in [0.3, 0.4) is 0 Å². The summed E-state index contributed by atoms with van der Waals surface area (Å²) in [5.41, 5.74) is 0.597. The Labute approximate surface area is 178 Å². The molecule has 1 aromatic heterocycles. The molecule has 158 valence electrons. The Balaban J connectivity index is 1.41. The van der Waals surface area contributed by atoms with Crippen molar-refractivity contribution in [2.24, 2.45) is 0 Å². The van der Waals surface area contributed by atoms with Crippen molar-refractivity contribution in [3.8, 4) is 0 Å². The van der Waals surface area contributed by atoms with Crippen LogP contribution in [0.4, 0.5) is 0 Å². The predicted molar refractivity (Wildman–Crippen MR) is 112 cm³/mol. The van der Waals surface area contributed by atoms with Crippen LogP contribution in [0.25, 0.3) is 0 Å². The number of hydrogen-bond acceptors (Lipinski definition) is 6. The fourth-order valence-corrected chi connectivity index (χ4v) is 3.47. The summed E-state index contributed by atoms with van der Waals surface area (Å²) in [6, 6.07) is 12.5. The van der Waals surface area contributed by atoms with Crippen molar-refractivity contribution < 1.29 is 23.9 Å². The van der Waals surface area contributed by atoms with E-state index < -0.39 is 12.1 Å². The fraction of sp³-hybridized carbons (Fsp3) is 0.364. The van der Waals surface area contributed by atoms with Crippen molar-refractivity contribution in [3.63, 3.8) is 0 Å². The summed E-state index contributed by atoms with van der Waals surface area (Å²) in [5.74, 6) is -1.30. The monoisotopic (exact) mass is 428 g/mol. The van der Waals surface area contributed by atoms with Crippen LogP contribution in [0, 0.1) is 0 Å². The number of amides is 2. The largest absolute Gasteiger partial charge is 0.447 e. The van der Waals surface area contributed by atoms with E-state index in [0.717, 1.165) is 12.8 Å². The number of esters is 1. The molecule has 2 amide bonds. The van der Waals surface area contributed by atoms with E-state index in [2.05, 4.69) is 10.6 Å². The van der Waals surface area contributed by atoms with Gasteiger partial charge < -0.3 is 15.4 Å². The van der Waals surface area contributed by atoms with Crippen molar-refractivity contribution in [2.45, 2.75) is 44.2 Å². The van der Waals surface area contributed by atoms with Gasteiger partial charge in [0.15, 0.2) is 5.78 Å². The molecule has 3 rings (SSSR count). The lowest BCUT2D eigenvalue weighted by Gasteiger charge is -2.18. The molecular formula is C22H24N2O5S. The van der Waals surface area contributed by atoms with Gasteiger partial charge in [-0.15, -0.1) is 11.3 Å². The normalized spacial score (nSPS) is 13.9. The maximum atomic E-state index is 12.5. The van der Waals surface area contributed by atoms with Gasteiger partial charge in [-0.05, 0) is 24.3 Å². The van der Waals surface area contributed by atoms with Crippen LogP contribution in [0.15, 0.2) is 47.8 Å². The Morgan fingerprint density at radius 1 is 1.00 bits per heavy atom. The number of thiophene rings is 1. The van der Waals surface area contributed by atoms with E-state index >= 15 is 0 Å². The van der Waals surface area contributed by atoms with Gasteiger partial charge in [0.2, 0.25) is 12.0 Å². The van der Waals surface area contributed by atoms with E-state index in [1.54, 1.807) is 36.4 Å². The lowest BCUT2D eigenvalue weighted by atomic mass is 10.1. The van der Waals surface area contributed by atoms with E-state index in [-0.39, 0.29) is 49.4 Å². The molecule has 1 saturated carbocycles. The molecule has 1 heterocycles. The number of rotatable bonds is 11. The van der Waals surface area contributed by atoms with Crippen LogP contribution in [-0.2, 0) is 19.1 Å². The van der Waals surface area contributed by atoms with Crippen molar-refractivity contribution in [1.82, 2.24) is 10.6 Å². The minimum atomic E-state index is -1.02. The highest BCUT2D eigenvalue weighted by molar-refractivity contribution is 7.12. The second kappa shape index (κ2) is 10.7. The molecule has 1 aliphatic rings. The number of ketones is 1. The second-order valence-electron chi connectivity index (χ2n) is 7.06. The van der Waals surface area contributed by atoms with Gasteiger partial charge in [-0.1, -0.05) is 36.4 Å². The van der Waals surface area contributed by atoms with Crippen molar-refractivity contribution >= 4 is 34.9 Å². The molecule has 7 nitrogen and oxygen atoms in total. The summed E-state index contributed by atoms with van der Waals surface area (Å²) in [5, 5.41) is 7.28. The van der Waals surface area contributed by atoms with E-state index in [0.29, 0.717) is 10.4 Å². The first-order chi connectivity index (χ1) is 14.5. The number of ether oxygens (including phenoxy) is 1. The molecule has 0 unspecified atom stereocenters. The topological polar surface area (TPSA) is 102 Å². The van der Waals surface area contributed by atoms with Crippen LogP contribution in [0.1, 0.15) is 53.4 Å². The Morgan fingerprint density at radius 3 is 2.43 bits per heavy atom. The Bertz CT molecular complexity index is 878. The van der Waals surface area contributed by atoms with Gasteiger partial charge in [-0.25, -0.2) is 0 Å². The molecule has 0 saturated heterocycles. The summed E-state index contributed by atoms with van der Waals surface area (Å²) in [6.45, 7) is 0.0800. The number of Topliss-reactive ketones (excluding diaryl/α,β-unsaturated/α-hetero) is 1. The standard InChI is InChI=1S/C22H24N2O5S/c25-17(18-7-4-14-30-18)10-11-19(26)23-13-12-20(27)29-21(15-5-2-1-3-6-15)22(28)24-16-8-9-16/h1-7,14,16,21H,8-13H2,(H,23,26)(H,24,28)/t21-/m1/s1. The first-order valence-corrected chi connectivity index (χ1v) is 10.8. The predicted octanol–water partition coefficient (Wildman–Crippen LogP) is 2.78. The molecule has 1 atom stereocenters. The van der Waals surface area contributed by atoms with E-state index in [9.17, 15) is 19.2 Å². The van der Waals surface area contributed by atoms with Crippen LogP contribution in [0.2, 0.25) is 0 Å². The molecule has 1 fully saturated rings. The van der Waals surface area contributed by atoms with Gasteiger partial charge >= 0.3 is 5.97 Å². The van der Waals surface area contributed by atoms with Gasteiger partial charge in [-0.2, -0.15) is 0 Å². The third-order valence-corrected chi connectivity index (χ3v) is 5.45. The van der Waals surface area contributed by atoms with Crippen LogP contribution < -0.4 is 10.6 Å². The molecule has 0 spiro atoms. The van der Waals surface area contributed by atoms with Gasteiger partial charge in [0.25, 0.3) is 5.91 Å². The Morgan fingerprint density at radius 2 is 1.77 bits per heavy atom. The van der Waals surface area contributed by atoms with Crippen molar-refractivity contribution in [2.75, 3.05) is 6.54 Å². The number of nitrogens with one attached hydrogen (secondary N) is 2. The smallest absolute Gasteiger partial charge is 0.308 e. The zero-order chi connectivity index (χ0) is 21.3. The lowest BCUT2D eigenvalue weighted by molar-refractivity contribution is -0.156.